The monoisotopic (exact) mass is 122 g/mol. The predicted molar refractivity (Wildman–Crippen MR) is 33.9 cm³/mol. The van der Waals surface area contributed by atoms with Crippen LogP contribution >= 0.6 is 0 Å². The average Bonchev–Trinajstić information content (AvgIpc) is 1.94. The van der Waals surface area contributed by atoms with Gasteiger partial charge in [-0.3, -0.25) is 9.79 Å². The van der Waals surface area contributed by atoms with Gasteiger partial charge in [0.1, 0.15) is 0 Å². The quantitative estimate of drug-likeness (QED) is 0.474. The number of allylic oxidation sites excluding steroid dienone is 1. The summed E-state index contributed by atoms with van der Waals surface area (Å²) >= 11 is 0. The Morgan fingerprint density at radius 1 is 1.67 bits per heavy atom. The molecule has 0 bridgehead atoms. The van der Waals surface area contributed by atoms with E-state index in [1.807, 2.05) is 0 Å². The molecule has 0 saturated carbocycles. The van der Waals surface area contributed by atoms with Crippen LogP contribution in [0.2, 0.25) is 0 Å². The number of aliphatic imine (C=N–C) groups is 1. The Balaban J connectivity index is 0.000000291. The van der Waals surface area contributed by atoms with Gasteiger partial charge in [0.15, 0.2) is 5.78 Å². The van der Waals surface area contributed by atoms with Crippen LogP contribution in [0.25, 0.3) is 0 Å². The van der Waals surface area contributed by atoms with E-state index >= 15 is 0 Å². The Kier molecular flexibility index (Phi) is 3.97. The number of rotatable bonds is 0. The summed E-state index contributed by atoms with van der Waals surface area (Å²) < 4.78 is 0. The maximum absolute atomic E-state index is 10.3. The second kappa shape index (κ2) is 4.72. The molecule has 1 rings (SSSR count). The van der Waals surface area contributed by atoms with Gasteiger partial charge in [0, 0.05) is 19.2 Å². The summed E-state index contributed by atoms with van der Waals surface area (Å²) in [5.41, 5.74) is 0. The minimum Gasteiger partial charge on any atom is -0.293 e. The smallest absolute Gasteiger partial charge is 0.177 e. The Bertz CT molecular complexity index is 167. The van der Waals surface area contributed by atoms with Crippen LogP contribution < -0.4 is 0 Å². The SMILES string of the molecule is C#N.O=C1C=NC=CC1. The van der Waals surface area contributed by atoms with Gasteiger partial charge in [-0.25, -0.2) is 5.26 Å². The van der Waals surface area contributed by atoms with Gasteiger partial charge in [-0.2, -0.15) is 0 Å². The van der Waals surface area contributed by atoms with E-state index in [1.54, 1.807) is 12.3 Å². The lowest BCUT2D eigenvalue weighted by molar-refractivity contribution is -0.111. The Morgan fingerprint density at radius 3 is 2.56 bits per heavy atom. The summed E-state index contributed by atoms with van der Waals surface area (Å²) in [6, 6.07) is 0. The Morgan fingerprint density at radius 2 is 2.33 bits per heavy atom. The van der Waals surface area contributed by atoms with Crippen LogP contribution in [0, 0.1) is 11.8 Å². The van der Waals surface area contributed by atoms with Crippen molar-refractivity contribution in [3.63, 3.8) is 0 Å². The molecule has 0 unspecified atom stereocenters. The summed E-state index contributed by atoms with van der Waals surface area (Å²) in [6.07, 6.45) is 5.22. The van der Waals surface area contributed by atoms with E-state index in [-0.39, 0.29) is 5.78 Å². The number of carbonyl (C=O) groups excluding carboxylic acids is 1. The van der Waals surface area contributed by atoms with E-state index in [4.69, 9.17) is 5.26 Å². The fourth-order valence-electron chi connectivity index (χ4n) is 0.409. The third-order valence-corrected chi connectivity index (χ3v) is 0.729. The Labute approximate surface area is 53.3 Å². The molecule has 1 aliphatic rings. The van der Waals surface area contributed by atoms with Crippen LogP contribution in [0.4, 0.5) is 0 Å². The molecular formula is C6H6N2O. The van der Waals surface area contributed by atoms with E-state index < -0.39 is 0 Å². The van der Waals surface area contributed by atoms with Crippen LogP contribution in [0.3, 0.4) is 0 Å². The third kappa shape index (κ3) is 3.18. The summed E-state index contributed by atoms with van der Waals surface area (Å²) in [7, 11) is 0. The van der Waals surface area contributed by atoms with Crippen molar-refractivity contribution >= 4 is 12.0 Å². The number of ketones is 1. The third-order valence-electron chi connectivity index (χ3n) is 0.729. The highest BCUT2D eigenvalue weighted by Gasteiger charge is 1.93. The van der Waals surface area contributed by atoms with Crippen LogP contribution in [0.5, 0.6) is 0 Å². The number of hydrogen-bond acceptors (Lipinski definition) is 3. The molecule has 3 heteroatoms. The zero-order valence-electron chi connectivity index (χ0n) is 4.82. The number of Topliss-reactive ketones (excluding diaryl/α,β-unsaturated/α-hetero) is 1. The van der Waals surface area contributed by atoms with Crippen molar-refractivity contribution in [3.8, 4) is 6.57 Å². The molecule has 1 heterocycles. The predicted octanol–water partition coefficient (Wildman–Crippen LogP) is 0.683. The maximum Gasteiger partial charge on any atom is 0.177 e. The summed E-state index contributed by atoms with van der Waals surface area (Å²) in [6.45, 7) is 3.50. The fourth-order valence-corrected chi connectivity index (χ4v) is 0.409. The number of nitriles is 1. The normalized spacial score (nSPS) is 14.2. The topological polar surface area (TPSA) is 53.2 Å². The molecule has 0 aromatic rings. The molecule has 0 saturated heterocycles. The number of hydrogen-bond donors (Lipinski definition) is 0. The van der Waals surface area contributed by atoms with Gasteiger partial charge >= 0.3 is 0 Å². The van der Waals surface area contributed by atoms with Crippen molar-refractivity contribution in [3.05, 3.63) is 12.3 Å². The summed E-state index contributed by atoms with van der Waals surface area (Å²) in [4.78, 5) is 13.9. The van der Waals surface area contributed by atoms with Crippen molar-refractivity contribution in [2.45, 2.75) is 6.42 Å². The van der Waals surface area contributed by atoms with Crippen molar-refractivity contribution in [2.75, 3.05) is 0 Å². The number of carbonyl (C=O) groups is 1. The zero-order valence-corrected chi connectivity index (χ0v) is 4.82. The van der Waals surface area contributed by atoms with Gasteiger partial charge in [-0.15, -0.1) is 0 Å². The highest BCUT2D eigenvalue weighted by atomic mass is 16.1. The van der Waals surface area contributed by atoms with Crippen LogP contribution in [0.1, 0.15) is 6.42 Å². The maximum atomic E-state index is 10.3. The lowest BCUT2D eigenvalue weighted by Gasteiger charge is -1.88. The molecule has 0 atom stereocenters. The molecule has 0 N–H and O–H groups in total. The van der Waals surface area contributed by atoms with Gasteiger partial charge in [0.05, 0.1) is 6.21 Å². The highest BCUT2D eigenvalue weighted by molar-refractivity contribution is 6.28. The highest BCUT2D eigenvalue weighted by Crippen LogP contribution is 1.89. The fraction of sp³-hybridized carbons (Fsp3) is 0.167. The van der Waals surface area contributed by atoms with Gasteiger partial charge in [-0.1, -0.05) is 6.08 Å². The molecule has 1 aliphatic heterocycles. The first-order chi connectivity index (χ1) is 4.39. The number of nitrogens with zero attached hydrogens (tertiary/aromatic N) is 2. The van der Waals surface area contributed by atoms with Crippen molar-refractivity contribution in [1.82, 2.24) is 0 Å². The summed E-state index contributed by atoms with van der Waals surface area (Å²) in [5.74, 6) is 0.0856. The average molecular weight is 122 g/mol. The molecular weight excluding hydrogens is 116 g/mol. The molecule has 3 nitrogen and oxygen atoms in total. The minimum atomic E-state index is 0.0856. The second-order valence-electron chi connectivity index (χ2n) is 1.33. The molecule has 0 spiro atoms. The molecule has 9 heavy (non-hydrogen) atoms. The van der Waals surface area contributed by atoms with Gasteiger partial charge < -0.3 is 0 Å². The molecule has 46 valence electrons. The van der Waals surface area contributed by atoms with Gasteiger partial charge in [0.2, 0.25) is 0 Å². The van der Waals surface area contributed by atoms with Gasteiger partial charge in [-0.05, 0) is 0 Å². The molecule has 0 fully saturated rings. The zero-order chi connectivity index (χ0) is 7.11. The largest absolute Gasteiger partial charge is 0.293 e. The van der Waals surface area contributed by atoms with Crippen LogP contribution in [-0.4, -0.2) is 12.0 Å². The van der Waals surface area contributed by atoms with E-state index in [2.05, 4.69) is 11.6 Å². The van der Waals surface area contributed by atoms with Crippen LogP contribution in [0.15, 0.2) is 17.3 Å². The second-order valence-corrected chi connectivity index (χ2v) is 1.33. The minimum absolute atomic E-state index is 0.0856. The van der Waals surface area contributed by atoms with E-state index in [9.17, 15) is 4.79 Å². The van der Waals surface area contributed by atoms with Crippen molar-refractivity contribution in [2.24, 2.45) is 4.99 Å². The lowest BCUT2D eigenvalue weighted by atomic mass is 10.3. The Hall–Kier alpha value is -1.43. The van der Waals surface area contributed by atoms with Crippen molar-refractivity contribution < 1.29 is 4.79 Å². The molecule has 0 amide bonds. The first-order valence-electron chi connectivity index (χ1n) is 2.36. The molecule has 0 aromatic carbocycles. The summed E-state index contributed by atoms with van der Waals surface area (Å²) in [5, 5.41) is 6.50. The van der Waals surface area contributed by atoms with E-state index in [0.717, 1.165) is 0 Å². The standard InChI is InChI=1S/C5H5NO.CHN/c7-5-2-1-3-6-4-5;1-2/h1,3-4H,2H2;1H. The van der Waals surface area contributed by atoms with E-state index in [1.165, 1.54) is 6.21 Å². The van der Waals surface area contributed by atoms with E-state index in [0.29, 0.717) is 6.42 Å². The molecule has 0 radical (unpaired) electrons. The lowest BCUT2D eigenvalue weighted by Crippen LogP contribution is -1.98. The van der Waals surface area contributed by atoms with Crippen molar-refractivity contribution in [1.29, 1.82) is 5.26 Å². The van der Waals surface area contributed by atoms with Gasteiger partial charge in [0.25, 0.3) is 0 Å². The molecule has 0 aromatic heterocycles. The first kappa shape index (κ1) is 7.57. The first-order valence-corrected chi connectivity index (χ1v) is 2.36. The molecule has 0 aliphatic carbocycles. The van der Waals surface area contributed by atoms with Crippen LogP contribution in [-0.2, 0) is 4.79 Å².